The third-order valence-corrected chi connectivity index (χ3v) is 4.35. The van der Waals surface area contributed by atoms with Gasteiger partial charge in [-0.2, -0.15) is 0 Å². The quantitative estimate of drug-likeness (QED) is 0.486. The van der Waals surface area contributed by atoms with Crippen molar-refractivity contribution in [1.29, 1.82) is 0 Å². The molecule has 2 aromatic carbocycles. The van der Waals surface area contributed by atoms with Crippen molar-refractivity contribution in [2.24, 2.45) is 0 Å². The summed E-state index contributed by atoms with van der Waals surface area (Å²) < 4.78 is 13.6. The molecule has 0 spiro atoms. The number of nitro groups is 1. The van der Waals surface area contributed by atoms with Crippen LogP contribution < -0.4 is 11.1 Å². The lowest BCUT2D eigenvalue weighted by atomic mass is 10.1. The Labute approximate surface area is 153 Å². The van der Waals surface area contributed by atoms with E-state index in [9.17, 15) is 24.1 Å². The molecule has 9 heteroatoms. The van der Waals surface area contributed by atoms with Gasteiger partial charge in [0.1, 0.15) is 11.5 Å². The highest BCUT2D eigenvalue weighted by Crippen LogP contribution is 2.27. The van der Waals surface area contributed by atoms with Crippen LogP contribution in [0.15, 0.2) is 36.4 Å². The molecule has 1 heterocycles. The smallest absolute Gasteiger partial charge is 0.295 e. The summed E-state index contributed by atoms with van der Waals surface area (Å²) in [6.45, 7) is 1.46. The number of hydrogen-bond donors (Lipinski definition) is 2. The molecule has 0 radical (unpaired) electrons. The standard InChI is InChI=1S/C18H17FN4O4/c19-12-9-14(16(20)15(10-12)23(26)27)17(24)21-13-5-3-11(4-6-13)18(25)22-7-1-2-8-22/h3-6,9-10H,1-2,7-8,20H2,(H,21,24). The Kier molecular flexibility index (Phi) is 5.02. The van der Waals surface area contributed by atoms with Crippen molar-refractivity contribution in [2.45, 2.75) is 12.8 Å². The van der Waals surface area contributed by atoms with Crippen molar-refractivity contribution in [2.75, 3.05) is 24.1 Å². The number of benzene rings is 2. The number of nitrogens with zero attached hydrogens (tertiary/aromatic N) is 2. The van der Waals surface area contributed by atoms with E-state index in [1.54, 1.807) is 17.0 Å². The van der Waals surface area contributed by atoms with Crippen LogP contribution in [0.4, 0.5) is 21.5 Å². The lowest BCUT2D eigenvalue weighted by Crippen LogP contribution is -2.27. The first kappa shape index (κ1) is 18.3. The maximum absolute atomic E-state index is 13.6. The summed E-state index contributed by atoms with van der Waals surface area (Å²) in [6, 6.07) is 7.71. The number of nitrogens with two attached hydrogens (primary N) is 1. The highest BCUT2D eigenvalue weighted by atomic mass is 19.1. The molecule has 3 rings (SSSR count). The van der Waals surface area contributed by atoms with Crippen LogP contribution in [0.5, 0.6) is 0 Å². The average Bonchev–Trinajstić information content (AvgIpc) is 3.17. The van der Waals surface area contributed by atoms with E-state index in [4.69, 9.17) is 5.73 Å². The minimum Gasteiger partial charge on any atom is -0.393 e. The number of carbonyl (C=O) groups is 2. The zero-order valence-corrected chi connectivity index (χ0v) is 14.3. The molecule has 27 heavy (non-hydrogen) atoms. The van der Waals surface area contributed by atoms with E-state index in [1.807, 2.05) is 0 Å². The molecule has 0 unspecified atom stereocenters. The van der Waals surface area contributed by atoms with Crippen molar-refractivity contribution < 1.29 is 18.9 Å². The molecule has 140 valence electrons. The van der Waals surface area contributed by atoms with Gasteiger partial charge in [0.15, 0.2) is 0 Å². The summed E-state index contributed by atoms with van der Waals surface area (Å²) in [5.74, 6) is -1.79. The number of nitrogen functional groups attached to an aromatic ring is 1. The highest BCUT2D eigenvalue weighted by Gasteiger charge is 2.22. The van der Waals surface area contributed by atoms with E-state index in [0.717, 1.165) is 32.0 Å². The third kappa shape index (κ3) is 3.86. The molecular weight excluding hydrogens is 355 g/mol. The van der Waals surface area contributed by atoms with E-state index in [2.05, 4.69) is 5.32 Å². The molecule has 8 nitrogen and oxygen atoms in total. The van der Waals surface area contributed by atoms with Crippen molar-refractivity contribution in [1.82, 2.24) is 4.90 Å². The predicted octanol–water partition coefficient (Wildman–Crippen LogP) is 2.80. The van der Waals surface area contributed by atoms with Crippen molar-refractivity contribution in [3.05, 3.63) is 63.5 Å². The molecule has 0 aromatic heterocycles. The number of anilines is 2. The van der Waals surface area contributed by atoms with Crippen LogP contribution in [-0.4, -0.2) is 34.7 Å². The minimum atomic E-state index is -0.937. The maximum Gasteiger partial charge on any atom is 0.295 e. The summed E-state index contributed by atoms with van der Waals surface area (Å²) in [5.41, 5.74) is 5.04. The molecule has 1 saturated heterocycles. The van der Waals surface area contributed by atoms with E-state index in [1.165, 1.54) is 12.1 Å². The van der Waals surface area contributed by atoms with Crippen LogP contribution >= 0.6 is 0 Å². The second-order valence-electron chi connectivity index (χ2n) is 6.17. The third-order valence-electron chi connectivity index (χ3n) is 4.35. The molecule has 2 amide bonds. The summed E-state index contributed by atoms with van der Waals surface area (Å²) >= 11 is 0. The van der Waals surface area contributed by atoms with E-state index < -0.39 is 28.0 Å². The van der Waals surface area contributed by atoms with Crippen LogP contribution in [0.1, 0.15) is 33.6 Å². The fourth-order valence-electron chi connectivity index (χ4n) is 2.94. The molecule has 0 bridgehead atoms. The summed E-state index contributed by atoms with van der Waals surface area (Å²) in [5, 5.41) is 13.4. The summed E-state index contributed by atoms with van der Waals surface area (Å²) in [7, 11) is 0. The van der Waals surface area contributed by atoms with Gasteiger partial charge in [-0.05, 0) is 43.2 Å². The molecular formula is C18H17FN4O4. The molecule has 1 aliphatic heterocycles. The molecule has 0 saturated carbocycles. The van der Waals surface area contributed by atoms with E-state index in [0.29, 0.717) is 17.3 Å². The van der Waals surface area contributed by atoms with Gasteiger partial charge in [-0.1, -0.05) is 0 Å². The van der Waals surface area contributed by atoms with Gasteiger partial charge < -0.3 is 16.0 Å². The first-order valence-corrected chi connectivity index (χ1v) is 8.31. The fraction of sp³-hybridized carbons (Fsp3) is 0.222. The molecule has 1 aliphatic rings. The van der Waals surface area contributed by atoms with E-state index >= 15 is 0 Å². The lowest BCUT2D eigenvalue weighted by Gasteiger charge is -2.15. The number of hydrogen-bond acceptors (Lipinski definition) is 5. The Balaban J connectivity index is 1.77. The summed E-state index contributed by atoms with van der Waals surface area (Å²) in [4.78, 5) is 36.5. The number of likely N-dealkylation sites (tertiary alicyclic amines) is 1. The summed E-state index contributed by atoms with van der Waals surface area (Å²) in [6.07, 6.45) is 1.97. The predicted molar refractivity (Wildman–Crippen MR) is 97.0 cm³/mol. The van der Waals surface area contributed by atoms with Gasteiger partial charge in [0.2, 0.25) is 0 Å². The number of carbonyl (C=O) groups excluding carboxylic acids is 2. The van der Waals surface area contributed by atoms with Gasteiger partial charge in [0, 0.05) is 24.3 Å². The first-order valence-electron chi connectivity index (χ1n) is 8.31. The van der Waals surface area contributed by atoms with Gasteiger partial charge in [-0.3, -0.25) is 19.7 Å². The topological polar surface area (TPSA) is 119 Å². The van der Waals surface area contributed by atoms with Gasteiger partial charge in [0.05, 0.1) is 16.6 Å². The maximum atomic E-state index is 13.6. The molecule has 2 aromatic rings. The molecule has 1 fully saturated rings. The van der Waals surface area contributed by atoms with Gasteiger partial charge in [-0.15, -0.1) is 0 Å². The Morgan fingerprint density at radius 2 is 1.78 bits per heavy atom. The Morgan fingerprint density at radius 1 is 1.15 bits per heavy atom. The number of nitrogens with one attached hydrogen (secondary N) is 1. The monoisotopic (exact) mass is 372 g/mol. The Morgan fingerprint density at radius 3 is 2.37 bits per heavy atom. The van der Waals surface area contributed by atoms with Crippen LogP contribution in [-0.2, 0) is 0 Å². The normalized spacial score (nSPS) is 13.4. The SMILES string of the molecule is Nc1c(C(=O)Nc2ccc(C(=O)N3CCCC3)cc2)cc(F)cc1[N+](=O)[O-]. The van der Waals surface area contributed by atoms with Gasteiger partial charge in [0.25, 0.3) is 17.5 Å². The zero-order chi connectivity index (χ0) is 19.6. The average molecular weight is 372 g/mol. The van der Waals surface area contributed by atoms with Crippen LogP contribution in [0.25, 0.3) is 0 Å². The lowest BCUT2D eigenvalue weighted by molar-refractivity contribution is -0.384. The van der Waals surface area contributed by atoms with Crippen LogP contribution in [0, 0.1) is 15.9 Å². The van der Waals surface area contributed by atoms with Gasteiger partial charge >= 0.3 is 0 Å². The van der Waals surface area contributed by atoms with Crippen molar-refractivity contribution in [3.63, 3.8) is 0 Å². The van der Waals surface area contributed by atoms with Crippen LogP contribution in [0.3, 0.4) is 0 Å². The second-order valence-corrected chi connectivity index (χ2v) is 6.17. The fourth-order valence-corrected chi connectivity index (χ4v) is 2.94. The van der Waals surface area contributed by atoms with Crippen molar-refractivity contribution in [3.8, 4) is 0 Å². The second kappa shape index (κ2) is 7.40. The van der Waals surface area contributed by atoms with E-state index in [-0.39, 0.29) is 11.5 Å². The molecule has 0 aliphatic carbocycles. The van der Waals surface area contributed by atoms with Crippen LogP contribution in [0.2, 0.25) is 0 Å². The zero-order valence-electron chi connectivity index (χ0n) is 14.3. The highest BCUT2D eigenvalue weighted by molar-refractivity contribution is 6.09. The number of nitro benzene ring substituents is 1. The Bertz CT molecular complexity index is 908. The first-order chi connectivity index (χ1) is 12.9. The van der Waals surface area contributed by atoms with Crippen molar-refractivity contribution >= 4 is 28.9 Å². The Hall–Kier alpha value is -3.49. The number of halogens is 1. The number of amides is 2. The minimum absolute atomic E-state index is 0.0737. The molecule has 0 atom stereocenters. The number of rotatable bonds is 4. The largest absolute Gasteiger partial charge is 0.393 e. The van der Waals surface area contributed by atoms with Gasteiger partial charge in [-0.25, -0.2) is 4.39 Å². The molecule has 3 N–H and O–H groups in total.